The largest absolute Gasteiger partial charge is 0.478 e. The summed E-state index contributed by atoms with van der Waals surface area (Å²) in [7, 11) is 0. The Kier molecular flexibility index (Phi) is 4.26. The van der Waals surface area contributed by atoms with Crippen LogP contribution < -0.4 is 5.32 Å². The molecule has 0 bridgehead atoms. The number of aromatic nitrogens is 1. The molecule has 0 radical (unpaired) electrons. The van der Waals surface area contributed by atoms with Crippen molar-refractivity contribution in [2.45, 2.75) is 70.8 Å². The third kappa shape index (κ3) is 3.96. The Labute approximate surface area is 127 Å². The highest BCUT2D eigenvalue weighted by Gasteiger charge is 2.28. The van der Waals surface area contributed by atoms with Gasteiger partial charge in [-0.15, -0.1) is 0 Å². The topological polar surface area (TPSA) is 62.2 Å². The molecule has 2 N–H and O–H groups in total. The van der Waals surface area contributed by atoms with Gasteiger partial charge >= 0.3 is 5.97 Å². The van der Waals surface area contributed by atoms with E-state index in [0.29, 0.717) is 11.4 Å². The maximum atomic E-state index is 11.3. The molecule has 0 amide bonds. The molecule has 1 aliphatic rings. The molecule has 4 heteroatoms. The molecule has 1 saturated carbocycles. The Balaban J connectivity index is 2.34. The molecule has 1 heterocycles. The SMILES string of the molecule is CC1(Nc2cc(C(=O)O)cc(C(C)(C)C)n2)CCCCC1. The van der Waals surface area contributed by atoms with E-state index >= 15 is 0 Å². The number of carboxylic acid groups (broad SMARTS) is 1. The van der Waals surface area contributed by atoms with Crippen LogP contribution in [0.2, 0.25) is 0 Å². The molecule has 21 heavy (non-hydrogen) atoms. The van der Waals surface area contributed by atoms with E-state index in [1.165, 1.54) is 19.3 Å². The Bertz CT molecular complexity index is 526. The van der Waals surface area contributed by atoms with Crippen molar-refractivity contribution in [2.24, 2.45) is 0 Å². The van der Waals surface area contributed by atoms with Crippen molar-refractivity contribution >= 4 is 11.8 Å². The molecular weight excluding hydrogens is 264 g/mol. The third-order valence-electron chi connectivity index (χ3n) is 4.23. The standard InChI is InChI=1S/C17H26N2O2/c1-16(2,3)13-10-12(15(20)21)11-14(18-13)19-17(4)8-6-5-7-9-17/h10-11H,5-9H2,1-4H3,(H,18,19)(H,20,21). The van der Waals surface area contributed by atoms with Crippen LogP contribution in [0.5, 0.6) is 0 Å². The molecule has 1 fully saturated rings. The molecule has 116 valence electrons. The van der Waals surface area contributed by atoms with Gasteiger partial charge in [0.05, 0.1) is 5.56 Å². The molecule has 0 spiro atoms. The molecule has 1 aliphatic carbocycles. The minimum Gasteiger partial charge on any atom is -0.478 e. The van der Waals surface area contributed by atoms with Gasteiger partial charge in [-0.25, -0.2) is 9.78 Å². The third-order valence-corrected chi connectivity index (χ3v) is 4.23. The van der Waals surface area contributed by atoms with Gasteiger partial charge < -0.3 is 10.4 Å². The summed E-state index contributed by atoms with van der Waals surface area (Å²) in [6.45, 7) is 8.35. The highest BCUT2D eigenvalue weighted by atomic mass is 16.4. The zero-order valence-electron chi connectivity index (χ0n) is 13.5. The van der Waals surface area contributed by atoms with Gasteiger partial charge in [0.1, 0.15) is 5.82 Å². The van der Waals surface area contributed by atoms with Crippen molar-refractivity contribution in [3.8, 4) is 0 Å². The molecular formula is C17H26N2O2. The van der Waals surface area contributed by atoms with Crippen LogP contribution in [0.15, 0.2) is 12.1 Å². The zero-order valence-corrected chi connectivity index (χ0v) is 13.5. The summed E-state index contributed by atoms with van der Waals surface area (Å²) in [5, 5.41) is 12.8. The van der Waals surface area contributed by atoms with E-state index < -0.39 is 5.97 Å². The molecule has 0 aromatic carbocycles. The zero-order chi connectivity index (χ0) is 15.7. The van der Waals surface area contributed by atoms with Crippen LogP contribution in [-0.4, -0.2) is 21.6 Å². The van der Waals surface area contributed by atoms with Crippen molar-refractivity contribution in [1.82, 2.24) is 4.98 Å². The Hall–Kier alpha value is -1.58. The summed E-state index contributed by atoms with van der Waals surface area (Å²) >= 11 is 0. The predicted molar refractivity (Wildman–Crippen MR) is 85.0 cm³/mol. The van der Waals surface area contributed by atoms with Crippen molar-refractivity contribution in [2.75, 3.05) is 5.32 Å². The maximum Gasteiger partial charge on any atom is 0.335 e. The average Bonchev–Trinajstić information content (AvgIpc) is 2.37. The van der Waals surface area contributed by atoms with Gasteiger partial charge in [0, 0.05) is 16.6 Å². The Morgan fingerprint density at radius 2 is 1.86 bits per heavy atom. The summed E-state index contributed by atoms with van der Waals surface area (Å²) in [5.41, 5.74) is 0.966. The monoisotopic (exact) mass is 290 g/mol. The van der Waals surface area contributed by atoms with E-state index in [1.54, 1.807) is 12.1 Å². The van der Waals surface area contributed by atoms with Crippen LogP contribution in [0.3, 0.4) is 0 Å². The van der Waals surface area contributed by atoms with E-state index in [0.717, 1.165) is 18.5 Å². The van der Waals surface area contributed by atoms with E-state index in [9.17, 15) is 9.90 Å². The quantitative estimate of drug-likeness (QED) is 0.875. The first-order valence-electron chi connectivity index (χ1n) is 7.74. The molecule has 0 atom stereocenters. The van der Waals surface area contributed by atoms with E-state index in [-0.39, 0.29) is 11.0 Å². The summed E-state index contributed by atoms with van der Waals surface area (Å²) in [4.78, 5) is 16.0. The molecule has 0 aliphatic heterocycles. The normalized spacial score (nSPS) is 18.3. The summed E-state index contributed by atoms with van der Waals surface area (Å²) in [5.74, 6) is -0.219. The van der Waals surface area contributed by atoms with Crippen LogP contribution in [0.1, 0.15) is 75.9 Å². The first-order valence-corrected chi connectivity index (χ1v) is 7.74. The van der Waals surface area contributed by atoms with Crippen LogP contribution in [0.4, 0.5) is 5.82 Å². The maximum absolute atomic E-state index is 11.3. The number of nitrogens with one attached hydrogen (secondary N) is 1. The lowest BCUT2D eigenvalue weighted by Gasteiger charge is -2.35. The van der Waals surface area contributed by atoms with Crippen LogP contribution in [-0.2, 0) is 5.41 Å². The second kappa shape index (κ2) is 5.66. The lowest BCUT2D eigenvalue weighted by molar-refractivity contribution is 0.0696. The van der Waals surface area contributed by atoms with E-state index in [2.05, 4.69) is 17.2 Å². The summed E-state index contributed by atoms with van der Waals surface area (Å²) in [6.07, 6.45) is 5.93. The smallest absolute Gasteiger partial charge is 0.335 e. The Morgan fingerprint density at radius 3 is 2.38 bits per heavy atom. The highest BCUT2D eigenvalue weighted by Crippen LogP contribution is 2.32. The number of hydrogen-bond acceptors (Lipinski definition) is 3. The van der Waals surface area contributed by atoms with Crippen LogP contribution in [0, 0.1) is 0 Å². The van der Waals surface area contributed by atoms with Crippen molar-refractivity contribution in [1.29, 1.82) is 0 Å². The van der Waals surface area contributed by atoms with Crippen molar-refractivity contribution < 1.29 is 9.90 Å². The summed E-state index contributed by atoms with van der Waals surface area (Å²) in [6, 6.07) is 3.33. The molecule has 1 aromatic heterocycles. The first-order chi connectivity index (χ1) is 9.70. The lowest BCUT2D eigenvalue weighted by Crippen LogP contribution is -2.37. The van der Waals surface area contributed by atoms with Gasteiger partial charge in [-0.05, 0) is 31.9 Å². The molecule has 1 aromatic rings. The van der Waals surface area contributed by atoms with Gasteiger partial charge in [-0.1, -0.05) is 40.0 Å². The van der Waals surface area contributed by atoms with Crippen LogP contribution >= 0.6 is 0 Å². The number of carboxylic acids is 1. The number of anilines is 1. The molecule has 4 nitrogen and oxygen atoms in total. The van der Waals surface area contributed by atoms with Gasteiger partial charge in [-0.2, -0.15) is 0 Å². The van der Waals surface area contributed by atoms with Gasteiger partial charge in [0.2, 0.25) is 0 Å². The molecule has 0 unspecified atom stereocenters. The second-order valence-corrected chi connectivity index (χ2v) is 7.43. The lowest BCUT2D eigenvalue weighted by atomic mass is 9.83. The fourth-order valence-corrected chi connectivity index (χ4v) is 2.87. The number of pyridine rings is 1. The highest BCUT2D eigenvalue weighted by molar-refractivity contribution is 5.88. The van der Waals surface area contributed by atoms with Gasteiger partial charge in [0.15, 0.2) is 0 Å². The van der Waals surface area contributed by atoms with Gasteiger partial charge in [0.25, 0.3) is 0 Å². The molecule has 0 saturated heterocycles. The number of hydrogen-bond donors (Lipinski definition) is 2. The first kappa shape index (κ1) is 15.8. The predicted octanol–water partition coefficient (Wildman–Crippen LogP) is 4.21. The minimum atomic E-state index is -0.903. The van der Waals surface area contributed by atoms with Gasteiger partial charge in [-0.3, -0.25) is 0 Å². The minimum absolute atomic E-state index is 0.0253. The second-order valence-electron chi connectivity index (χ2n) is 7.43. The Morgan fingerprint density at radius 1 is 1.24 bits per heavy atom. The van der Waals surface area contributed by atoms with Crippen molar-refractivity contribution in [3.05, 3.63) is 23.4 Å². The van der Waals surface area contributed by atoms with E-state index in [1.807, 2.05) is 20.8 Å². The van der Waals surface area contributed by atoms with Crippen LogP contribution in [0.25, 0.3) is 0 Å². The fourth-order valence-electron chi connectivity index (χ4n) is 2.87. The number of rotatable bonds is 3. The average molecular weight is 290 g/mol. The number of nitrogens with zero attached hydrogens (tertiary/aromatic N) is 1. The molecule has 2 rings (SSSR count). The van der Waals surface area contributed by atoms with E-state index in [4.69, 9.17) is 0 Å². The number of carbonyl (C=O) groups is 1. The summed E-state index contributed by atoms with van der Waals surface area (Å²) < 4.78 is 0. The van der Waals surface area contributed by atoms with Crippen molar-refractivity contribution in [3.63, 3.8) is 0 Å². The fraction of sp³-hybridized carbons (Fsp3) is 0.647. The number of aromatic carboxylic acids is 1.